The van der Waals surface area contributed by atoms with E-state index in [1.165, 1.54) is 0 Å². The highest BCUT2D eigenvalue weighted by Crippen LogP contribution is 2.62. The van der Waals surface area contributed by atoms with Crippen LogP contribution in [0.4, 0.5) is 4.79 Å². The Morgan fingerprint density at radius 3 is 2.60 bits per heavy atom. The van der Waals surface area contributed by atoms with E-state index in [4.69, 9.17) is 38.4 Å². The fourth-order valence-corrected chi connectivity index (χ4v) is 9.89. The Labute approximate surface area is 367 Å². The molecule has 62 heavy (non-hydrogen) atoms. The van der Waals surface area contributed by atoms with Gasteiger partial charge >= 0.3 is 6.09 Å². The summed E-state index contributed by atoms with van der Waals surface area (Å²) in [6.45, 7) is 11.9. The number of allylic oxidation sites excluding steroid dienone is 1. The SMILES string of the molecule is C=CCO[C@@]12Oc3ccc(OCCN4CC4)cc3[C@H]3[C@H](CCCCO)[C@@H](CCCCO)C=C(C(=NOC4CCCCO4)C[C@@H]1N(CCC)C(=O)OCCOCc1ccccc1)[C@H]32. The molecule has 2 aliphatic carbocycles. The van der Waals surface area contributed by atoms with Gasteiger partial charge in [-0.1, -0.05) is 67.4 Å². The molecule has 3 heterocycles. The first-order valence-corrected chi connectivity index (χ1v) is 23.3. The Hall–Kier alpha value is -3.98. The van der Waals surface area contributed by atoms with E-state index in [-0.39, 0.29) is 57.2 Å². The summed E-state index contributed by atoms with van der Waals surface area (Å²) in [6, 6.07) is 15.4. The number of oxime groups is 1. The van der Waals surface area contributed by atoms with E-state index in [9.17, 15) is 15.0 Å². The molecule has 1 unspecified atom stereocenters. The second-order valence-electron chi connectivity index (χ2n) is 17.2. The number of hydrogen-bond acceptors (Lipinski definition) is 12. The predicted molar refractivity (Wildman–Crippen MR) is 236 cm³/mol. The quantitative estimate of drug-likeness (QED) is 0.0442. The molecule has 2 N–H and O–H groups in total. The van der Waals surface area contributed by atoms with E-state index in [0.717, 1.165) is 92.7 Å². The first-order chi connectivity index (χ1) is 30.5. The molecule has 5 aliphatic rings. The number of carbonyl (C=O) groups is 1. The minimum absolute atomic E-state index is 0.0755. The van der Waals surface area contributed by atoms with E-state index < -0.39 is 30.1 Å². The monoisotopic (exact) mass is 859 g/mol. The molecule has 7 atom stereocenters. The third kappa shape index (κ3) is 11.4. The highest BCUT2D eigenvalue weighted by molar-refractivity contribution is 6.03. The van der Waals surface area contributed by atoms with Gasteiger partial charge in [0.2, 0.25) is 12.1 Å². The van der Waals surface area contributed by atoms with Gasteiger partial charge in [0.25, 0.3) is 0 Å². The van der Waals surface area contributed by atoms with Crippen LogP contribution >= 0.6 is 0 Å². The Balaban J connectivity index is 1.31. The number of fused-ring (bicyclic) bond motifs is 2. The zero-order valence-electron chi connectivity index (χ0n) is 36.7. The summed E-state index contributed by atoms with van der Waals surface area (Å²) < 4.78 is 38.8. The molecule has 2 aromatic rings. The van der Waals surface area contributed by atoms with Crippen molar-refractivity contribution in [3.63, 3.8) is 0 Å². The number of nitrogens with zero attached hydrogens (tertiary/aromatic N) is 3. The maximum atomic E-state index is 14.5. The van der Waals surface area contributed by atoms with Crippen LogP contribution in [0.25, 0.3) is 0 Å². The number of aliphatic hydroxyl groups is 2. The summed E-state index contributed by atoms with van der Waals surface area (Å²) in [5.41, 5.74) is 3.79. The van der Waals surface area contributed by atoms with Crippen molar-refractivity contribution in [1.82, 2.24) is 9.80 Å². The fraction of sp³-hybridized carbons (Fsp3) is 0.633. The molecule has 0 aromatic heterocycles. The van der Waals surface area contributed by atoms with Crippen molar-refractivity contribution in [3.05, 3.63) is 84.0 Å². The molecule has 2 saturated heterocycles. The number of ether oxygens (including phenoxy) is 6. The minimum Gasteiger partial charge on any atom is -0.492 e. The van der Waals surface area contributed by atoms with Gasteiger partial charge in [-0.2, -0.15) is 0 Å². The van der Waals surface area contributed by atoms with Crippen LogP contribution in [0.2, 0.25) is 0 Å². The van der Waals surface area contributed by atoms with Gasteiger partial charge in [-0.25, -0.2) is 4.79 Å². The molecule has 7 rings (SSSR count). The number of unbranched alkanes of at least 4 members (excludes halogenated alkanes) is 2. The smallest absolute Gasteiger partial charge is 0.410 e. The lowest BCUT2D eigenvalue weighted by Gasteiger charge is -2.60. The van der Waals surface area contributed by atoms with Gasteiger partial charge in [0.15, 0.2) is 0 Å². The summed E-state index contributed by atoms with van der Waals surface area (Å²) in [5.74, 6) is -0.261. The summed E-state index contributed by atoms with van der Waals surface area (Å²) in [6.07, 6.45) is 11.6. The number of amides is 1. The van der Waals surface area contributed by atoms with Crippen LogP contribution in [0, 0.1) is 17.8 Å². The largest absolute Gasteiger partial charge is 0.492 e. The molecule has 0 bridgehead atoms. The lowest BCUT2D eigenvalue weighted by atomic mass is 9.55. The van der Waals surface area contributed by atoms with Gasteiger partial charge in [0.05, 0.1) is 38.1 Å². The van der Waals surface area contributed by atoms with Crippen molar-refractivity contribution in [2.24, 2.45) is 22.9 Å². The molecular weight excluding hydrogens is 791 g/mol. The molecule has 0 radical (unpaired) electrons. The summed E-state index contributed by atoms with van der Waals surface area (Å²) in [7, 11) is 0. The zero-order chi connectivity index (χ0) is 43.2. The van der Waals surface area contributed by atoms with Crippen LogP contribution in [0.15, 0.2) is 78.0 Å². The number of benzene rings is 2. The van der Waals surface area contributed by atoms with Gasteiger partial charge in [0.1, 0.15) is 30.8 Å². The van der Waals surface area contributed by atoms with Crippen molar-refractivity contribution in [1.29, 1.82) is 0 Å². The highest BCUT2D eigenvalue weighted by atomic mass is 16.8. The molecule has 2 aromatic carbocycles. The first-order valence-electron chi connectivity index (χ1n) is 23.3. The Bertz CT molecular complexity index is 1780. The van der Waals surface area contributed by atoms with Gasteiger partial charge in [-0.3, -0.25) is 9.80 Å². The zero-order valence-corrected chi connectivity index (χ0v) is 36.7. The predicted octanol–water partition coefficient (Wildman–Crippen LogP) is 7.61. The van der Waals surface area contributed by atoms with E-state index >= 15 is 0 Å². The van der Waals surface area contributed by atoms with Crippen LogP contribution in [0.3, 0.4) is 0 Å². The molecule has 1 amide bonds. The van der Waals surface area contributed by atoms with Crippen molar-refractivity contribution in [3.8, 4) is 11.5 Å². The van der Waals surface area contributed by atoms with Crippen molar-refractivity contribution in [2.75, 3.05) is 72.4 Å². The third-order valence-corrected chi connectivity index (χ3v) is 12.9. The second-order valence-corrected chi connectivity index (χ2v) is 17.2. The summed E-state index contributed by atoms with van der Waals surface area (Å²) in [5, 5.41) is 24.8. The van der Waals surface area contributed by atoms with Crippen LogP contribution < -0.4 is 9.47 Å². The van der Waals surface area contributed by atoms with Gasteiger partial charge in [0, 0.05) is 63.7 Å². The van der Waals surface area contributed by atoms with Crippen LogP contribution in [-0.2, 0) is 30.4 Å². The second kappa shape index (κ2) is 23.1. The molecule has 340 valence electrons. The Kier molecular flexibility index (Phi) is 17.1. The normalized spacial score (nSPS) is 27.0. The molecule has 1 saturated carbocycles. The van der Waals surface area contributed by atoms with E-state index in [2.05, 4.69) is 23.6 Å². The molecule has 3 aliphatic heterocycles. The van der Waals surface area contributed by atoms with E-state index in [1.807, 2.05) is 49.4 Å². The van der Waals surface area contributed by atoms with Crippen LogP contribution in [0.5, 0.6) is 11.5 Å². The average molecular weight is 860 g/mol. The number of aliphatic hydroxyl groups excluding tert-OH is 2. The average Bonchev–Trinajstić information content (AvgIpc) is 4.13. The van der Waals surface area contributed by atoms with Crippen molar-refractivity contribution >= 4 is 11.8 Å². The number of carbonyl (C=O) groups excluding carboxylic acids is 1. The molecular formula is C49H69N3O10. The van der Waals surface area contributed by atoms with E-state index in [1.54, 1.807) is 11.0 Å². The van der Waals surface area contributed by atoms with Crippen LogP contribution in [-0.4, -0.2) is 122 Å². The molecule has 3 fully saturated rings. The Morgan fingerprint density at radius 2 is 1.85 bits per heavy atom. The van der Waals surface area contributed by atoms with Gasteiger partial charge in [-0.05, 0) is 86.1 Å². The highest BCUT2D eigenvalue weighted by Gasteiger charge is 2.65. The van der Waals surface area contributed by atoms with Gasteiger partial charge in [-0.15, -0.1) is 6.58 Å². The Morgan fingerprint density at radius 1 is 1.03 bits per heavy atom. The topological polar surface area (TPSA) is 141 Å². The maximum Gasteiger partial charge on any atom is 0.410 e. The lowest BCUT2D eigenvalue weighted by Crippen LogP contribution is -2.70. The molecule has 13 heteroatoms. The summed E-state index contributed by atoms with van der Waals surface area (Å²) in [4.78, 5) is 24.9. The lowest BCUT2D eigenvalue weighted by molar-refractivity contribution is -0.255. The minimum atomic E-state index is -1.37. The maximum absolute atomic E-state index is 14.5. The molecule has 0 spiro atoms. The molecule has 13 nitrogen and oxygen atoms in total. The number of hydrogen-bond donors (Lipinski definition) is 2. The summed E-state index contributed by atoms with van der Waals surface area (Å²) >= 11 is 0. The standard InChI is InChI=1S/C49H69N3O10/c1-3-21-52(48(55)59-31-30-56-35-36-14-6-5-7-15-36)44-34-42(50-62-45-18-10-13-28-58-45)40-32-37(16-8-11-25-53)39(17-9-12-26-54)46-41-33-38(57-29-24-51-22-23-51)19-20-43(41)61-49(44,47(40)46)60-27-4-2/h4-7,14-15,19-20,32-33,37,39,44-47,53-54H,2-3,8-13,16-18,21-31,34-35H2,1H3/t37-,39+,44-,45?,46+,47+,49+/m0/s1. The van der Waals surface area contributed by atoms with Crippen molar-refractivity contribution in [2.45, 2.75) is 108 Å². The third-order valence-electron chi connectivity index (χ3n) is 12.9. The van der Waals surface area contributed by atoms with E-state index in [0.29, 0.717) is 51.4 Å². The van der Waals surface area contributed by atoms with Crippen molar-refractivity contribution < 1.29 is 48.3 Å². The first kappa shape index (κ1) is 46.0. The van der Waals surface area contributed by atoms with Gasteiger partial charge < -0.3 is 43.5 Å². The van der Waals surface area contributed by atoms with Crippen LogP contribution in [0.1, 0.15) is 94.6 Å². The fourth-order valence-electron chi connectivity index (χ4n) is 9.89. The number of rotatable bonds is 25.